The van der Waals surface area contributed by atoms with E-state index in [9.17, 15) is 4.79 Å². The van der Waals surface area contributed by atoms with Crippen molar-refractivity contribution >= 4 is 16.6 Å². The van der Waals surface area contributed by atoms with E-state index in [1.54, 1.807) is 18.5 Å². The molecule has 1 N–H and O–H groups in total. The highest BCUT2D eigenvalue weighted by Crippen LogP contribution is 2.24. The van der Waals surface area contributed by atoms with E-state index in [0.29, 0.717) is 16.7 Å². The monoisotopic (exact) mass is 379 g/mol. The molecule has 3 aromatic rings. The molecule has 7 nitrogen and oxygen atoms in total. The first kappa shape index (κ1) is 18.4. The van der Waals surface area contributed by atoms with Gasteiger partial charge in [0, 0.05) is 25.5 Å². The van der Waals surface area contributed by atoms with Crippen LogP contribution in [0.1, 0.15) is 12.8 Å². The van der Waals surface area contributed by atoms with Gasteiger partial charge in [-0.15, -0.1) is 0 Å². The number of rotatable bonds is 5. The van der Waals surface area contributed by atoms with Gasteiger partial charge in [-0.1, -0.05) is 0 Å². The van der Waals surface area contributed by atoms with Gasteiger partial charge in [0.25, 0.3) is 5.56 Å². The quantitative estimate of drug-likeness (QED) is 0.735. The Hall–Kier alpha value is -2.93. The van der Waals surface area contributed by atoms with Crippen molar-refractivity contribution in [1.29, 1.82) is 0 Å². The van der Waals surface area contributed by atoms with Crippen LogP contribution in [0.2, 0.25) is 0 Å². The molecule has 0 spiro atoms. The largest absolute Gasteiger partial charge is 0.426 e. The van der Waals surface area contributed by atoms with Crippen LogP contribution < -0.4 is 15.2 Å². The first-order valence-electron chi connectivity index (χ1n) is 9.60. The molecule has 146 valence electrons. The summed E-state index contributed by atoms with van der Waals surface area (Å²) in [6.07, 6.45) is 5.62. The van der Waals surface area contributed by atoms with Crippen LogP contribution in [0.25, 0.3) is 10.9 Å². The number of ether oxygens (including phenoxy) is 1. The van der Waals surface area contributed by atoms with Crippen LogP contribution in [0, 0.1) is 5.92 Å². The van der Waals surface area contributed by atoms with Crippen molar-refractivity contribution in [3.63, 3.8) is 0 Å². The average molecular weight is 379 g/mol. The highest BCUT2D eigenvalue weighted by atomic mass is 16.5. The maximum atomic E-state index is 12.1. The van der Waals surface area contributed by atoms with Crippen LogP contribution in [0.3, 0.4) is 0 Å². The molecule has 3 heterocycles. The lowest BCUT2D eigenvalue weighted by Crippen LogP contribution is -2.35. The minimum Gasteiger partial charge on any atom is -0.426 e. The Labute approximate surface area is 164 Å². The first-order valence-corrected chi connectivity index (χ1v) is 9.60. The minimum absolute atomic E-state index is 0.165. The van der Waals surface area contributed by atoms with E-state index >= 15 is 0 Å². The van der Waals surface area contributed by atoms with E-state index in [1.807, 2.05) is 24.3 Å². The average Bonchev–Trinajstić information content (AvgIpc) is 2.70. The molecule has 0 aliphatic carbocycles. The Balaban J connectivity index is 1.42. The van der Waals surface area contributed by atoms with E-state index in [-0.39, 0.29) is 11.6 Å². The molecule has 1 aliphatic rings. The van der Waals surface area contributed by atoms with E-state index < -0.39 is 0 Å². The van der Waals surface area contributed by atoms with Gasteiger partial charge >= 0.3 is 6.01 Å². The highest BCUT2D eigenvalue weighted by Gasteiger charge is 2.18. The number of aromatic nitrogens is 3. The summed E-state index contributed by atoms with van der Waals surface area (Å²) >= 11 is 0. The number of anilines is 1. The molecule has 0 radical (unpaired) electrons. The molecule has 0 atom stereocenters. The fourth-order valence-electron chi connectivity index (χ4n) is 3.64. The fraction of sp³-hybridized carbons (Fsp3) is 0.381. The number of nitrogens with zero attached hydrogens (tertiary/aromatic N) is 4. The van der Waals surface area contributed by atoms with Crippen molar-refractivity contribution in [2.75, 3.05) is 38.6 Å². The molecule has 0 saturated carbocycles. The number of hydrogen-bond donors (Lipinski definition) is 1. The lowest BCUT2D eigenvalue weighted by atomic mass is 9.96. The SMILES string of the molecule is CN1CCC(CN(C)c2ccc(Oc3nc4cnccc4c(=O)[nH]3)cc2)CC1. The second-order valence-electron chi connectivity index (χ2n) is 7.49. The molecule has 28 heavy (non-hydrogen) atoms. The predicted octanol–water partition coefficient (Wildman–Crippen LogP) is 2.89. The summed E-state index contributed by atoms with van der Waals surface area (Å²) in [7, 11) is 4.32. The van der Waals surface area contributed by atoms with Crippen LogP contribution in [0.4, 0.5) is 5.69 Å². The maximum absolute atomic E-state index is 12.1. The zero-order valence-corrected chi connectivity index (χ0v) is 16.3. The van der Waals surface area contributed by atoms with Gasteiger partial charge < -0.3 is 14.5 Å². The zero-order valence-electron chi connectivity index (χ0n) is 16.3. The second kappa shape index (κ2) is 7.98. The van der Waals surface area contributed by atoms with Crippen molar-refractivity contribution in [2.45, 2.75) is 12.8 Å². The minimum atomic E-state index is -0.239. The molecule has 1 aromatic carbocycles. The third-order valence-electron chi connectivity index (χ3n) is 5.35. The van der Waals surface area contributed by atoms with Gasteiger partial charge in [0.2, 0.25) is 0 Å². The summed E-state index contributed by atoms with van der Waals surface area (Å²) in [4.78, 5) is 27.8. The smallest absolute Gasteiger partial charge is 0.302 e. The number of piperidine rings is 1. The summed E-state index contributed by atoms with van der Waals surface area (Å²) in [5.41, 5.74) is 1.42. The summed E-state index contributed by atoms with van der Waals surface area (Å²) < 4.78 is 5.75. The molecule has 7 heteroatoms. The van der Waals surface area contributed by atoms with Crippen molar-refractivity contribution in [2.24, 2.45) is 5.92 Å². The van der Waals surface area contributed by atoms with Crippen molar-refractivity contribution in [1.82, 2.24) is 19.9 Å². The Morgan fingerprint density at radius 2 is 1.96 bits per heavy atom. The maximum Gasteiger partial charge on any atom is 0.302 e. The number of hydrogen-bond acceptors (Lipinski definition) is 6. The standard InChI is InChI=1S/C21H25N5O2/c1-25-11-8-15(9-12-25)14-26(2)16-3-5-17(6-4-16)28-21-23-19-13-22-10-7-18(19)20(27)24-21/h3-7,10,13,15H,8-9,11-12,14H2,1-2H3,(H,23,24,27). The van der Waals surface area contributed by atoms with Crippen LogP contribution in [0.15, 0.2) is 47.5 Å². The molecular weight excluding hydrogens is 354 g/mol. The van der Waals surface area contributed by atoms with Crippen LogP contribution in [-0.4, -0.2) is 53.6 Å². The molecule has 0 amide bonds. The van der Waals surface area contributed by atoms with Gasteiger partial charge in [0.05, 0.1) is 17.1 Å². The van der Waals surface area contributed by atoms with Gasteiger partial charge in [-0.05, 0) is 69.2 Å². The molecular formula is C21H25N5O2. The van der Waals surface area contributed by atoms with Crippen molar-refractivity contribution in [3.05, 3.63) is 53.1 Å². The predicted molar refractivity (Wildman–Crippen MR) is 110 cm³/mol. The first-order chi connectivity index (χ1) is 13.6. The number of H-pyrrole nitrogens is 1. The van der Waals surface area contributed by atoms with Gasteiger partial charge in [-0.2, -0.15) is 4.98 Å². The molecule has 0 unspecified atom stereocenters. The number of aromatic amines is 1. The molecule has 0 bridgehead atoms. The van der Waals surface area contributed by atoms with Crippen molar-refractivity contribution in [3.8, 4) is 11.8 Å². The Morgan fingerprint density at radius 1 is 1.21 bits per heavy atom. The van der Waals surface area contributed by atoms with Gasteiger partial charge in [-0.25, -0.2) is 0 Å². The van der Waals surface area contributed by atoms with Crippen molar-refractivity contribution < 1.29 is 4.74 Å². The summed E-state index contributed by atoms with van der Waals surface area (Å²) in [5, 5.41) is 0.494. The third kappa shape index (κ3) is 4.14. The number of benzene rings is 1. The summed E-state index contributed by atoms with van der Waals surface area (Å²) in [6.45, 7) is 3.41. The third-order valence-corrected chi connectivity index (χ3v) is 5.35. The molecule has 1 fully saturated rings. The summed E-state index contributed by atoms with van der Waals surface area (Å²) in [6, 6.07) is 9.66. The second-order valence-corrected chi connectivity index (χ2v) is 7.49. The lowest BCUT2D eigenvalue weighted by molar-refractivity contribution is 0.222. The number of pyridine rings is 1. The van der Waals surface area contributed by atoms with Crippen LogP contribution >= 0.6 is 0 Å². The van der Waals surface area contributed by atoms with E-state index in [2.05, 4.69) is 38.8 Å². The molecule has 1 saturated heterocycles. The number of fused-ring (bicyclic) bond motifs is 1. The molecule has 1 aliphatic heterocycles. The van der Waals surface area contributed by atoms with Crippen LogP contribution in [-0.2, 0) is 0 Å². The Bertz CT molecular complexity index is 994. The zero-order chi connectivity index (χ0) is 19.5. The molecule has 4 rings (SSSR count). The van der Waals surface area contributed by atoms with Crippen LogP contribution in [0.5, 0.6) is 11.8 Å². The Morgan fingerprint density at radius 3 is 2.71 bits per heavy atom. The topological polar surface area (TPSA) is 74.3 Å². The van der Waals surface area contributed by atoms with Gasteiger partial charge in [-0.3, -0.25) is 14.8 Å². The van der Waals surface area contributed by atoms with E-state index in [1.165, 1.54) is 25.9 Å². The van der Waals surface area contributed by atoms with Gasteiger partial charge in [0.15, 0.2) is 0 Å². The fourth-order valence-corrected chi connectivity index (χ4v) is 3.64. The van der Waals surface area contributed by atoms with E-state index in [0.717, 1.165) is 18.2 Å². The summed E-state index contributed by atoms with van der Waals surface area (Å²) in [5.74, 6) is 1.36. The highest BCUT2D eigenvalue weighted by molar-refractivity contribution is 5.76. The number of nitrogens with one attached hydrogen (secondary N) is 1. The van der Waals surface area contributed by atoms with Gasteiger partial charge in [0.1, 0.15) is 5.75 Å². The normalized spacial score (nSPS) is 15.6. The molecule has 2 aromatic heterocycles. The number of likely N-dealkylation sites (tertiary alicyclic amines) is 1. The Kier molecular flexibility index (Phi) is 5.25. The lowest BCUT2D eigenvalue weighted by Gasteiger charge is -2.32. The van der Waals surface area contributed by atoms with E-state index in [4.69, 9.17) is 4.74 Å².